The van der Waals surface area contributed by atoms with E-state index in [1.54, 1.807) is 12.1 Å². The second kappa shape index (κ2) is 17.1. The summed E-state index contributed by atoms with van der Waals surface area (Å²) in [7, 11) is -4.57. The van der Waals surface area contributed by atoms with Crippen molar-refractivity contribution in [2.24, 2.45) is 0 Å². The molecule has 260 valence electrons. The summed E-state index contributed by atoms with van der Waals surface area (Å²) in [5.74, 6) is 0. The van der Waals surface area contributed by atoms with Crippen molar-refractivity contribution in [3.63, 3.8) is 0 Å². The van der Waals surface area contributed by atoms with Crippen LogP contribution < -0.4 is 39.4 Å². The van der Waals surface area contributed by atoms with Crippen LogP contribution in [0.25, 0.3) is 5.57 Å². The summed E-state index contributed by atoms with van der Waals surface area (Å²) in [5, 5.41) is 0. The summed E-state index contributed by atoms with van der Waals surface area (Å²) in [6.45, 7) is 6.39. The number of anilines is 2. The molecular weight excluding hydrogens is 694 g/mol. The van der Waals surface area contributed by atoms with Gasteiger partial charge in [0.2, 0.25) is 0 Å². The van der Waals surface area contributed by atoms with Crippen LogP contribution in [0.4, 0.5) is 11.4 Å². The molecule has 0 saturated carbocycles. The number of rotatable bonds is 12. The van der Waals surface area contributed by atoms with Gasteiger partial charge in [0.1, 0.15) is 14.1 Å². The molecule has 0 aliphatic heterocycles. The number of nitrogens with zero attached hydrogens (tertiary/aromatic N) is 3. The first kappa shape index (κ1) is 40.0. The number of hydrogen-bond donors (Lipinski definition) is 2. The molecule has 0 aromatic heterocycles. The maximum atomic E-state index is 11.7. The quantitative estimate of drug-likeness (QED) is 0.128. The molecule has 0 saturated heterocycles. The maximum absolute atomic E-state index is 11.7. The summed E-state index contributed by atoms with van der Waals surface area (Å²) < 4.78 is 67.8. The zero-order valence-electron chi connectivity index (χ0n) is 29.6. The Kier molecular flexibility index (Phi) is 13.4. The van der Waals surface area contributed by atoms with Crippen molar-refractivity contribution in [2.75, 3.05) is 37.0 Å². The van der Waals surface area contributed by atoms with Gasteiger partial charge in [-0.1, -0.05) is 48.5 Å². The van der Waals surface area contributed by atoms with E-state index in [4.69, 9.17) is 0 Å². The predicted octanol–water partition coefficient (Wildman–Crippen LogP) is 3.88. The second-order valence-electron chi connectivity index (χ2n) is 12.2. The molecule has 0 fully saturated rings. The van der Waals surface area contributed by atoms with E-state index in [1.807, 2.05) is 40.1 Å². The SMILES string of the molecule is CCN(Cc1cccc(S(=O)(=O)O)c1)c1ccc(C(=C2C=CC(=[N+](C)C)C=C2)c2ccc(N(CC)Cc3cccc(S(=O)(=O)O)c3)cc2)cc1.[Na+]. The van der Waals surface area contributed by atoms with E-state index in [0.717, 1.165) is 50.5 Å². The Morgan fingerprint density at radius 1 is 0.608 bits per heavy atom. The monoisotopic (exact) mass is 735 g/mol. The topological polar surface area (TPSA) is 118 Å². The number of hydrogen-bond acceptors (Lipinski definition) is 6. The average molecular weight is 736 g/mol. The molecule has 51 heavy (non-hydrogen) atoms. The molecular formula is C39H42N3NaO6S2+2. The van der Waals surface area contributed by atoms with Crippen molar-refractivity contribution in [1.82, 2.24) is 0 Å². The zero-order valence-corrected chi connectivity index (χ0v) is 33.2. The molecule has 4 aromatic rings. The Morgan fingerprint density at radius 3 is 1.33 bits per heavy atom. The largest absolute Gasteiger partial charge is 1.00 e. The van der Waals surface area contributed by atoms with Gasteiger partial charge in [0.25, 0.3) is 20.2 Å². The molecule has 2 N–H and O–H groups in total. The van der Waals surface area contributed by atoms with Gasteiger partial charge in [-0.2, -0.15) is 16.8 Å². The molecule has 4 aromatic carbocycles. The normalized spacial score (nSPS) is 12.7. The fraction of sp³-hybridized carbons (Fsp3) is 0.205. The van der Waals surface area contributed by atoms with Crippen molar-refractivity contribution in [3.05, 3.63) is 149 Å². The smallest absolute Gasteiger partial charge is 0.367 e. The first-order valence-corrected chi connectivity index (χ1v) is 19.1. The third kappa shape index (κ3) is 10.2. The van der Waals surface area contributed by atoms with Crippen LogP contribution in [0.5, 0.6) is 0 Å². The Balaban J connectivity index is 0.00000583. The van der Waals surface area contributed by atoms with Crippen LogP contribution in [0, 0.1) is 0 Å². The van der Waals surface area contributed by atoms with Gasteiger partial charge >= 0.3 is 29.6 Å². The van der Waals surface area contributed by atoms with Crippen molar-refractivity contribution in [3.8, 4) is 0 Å². The van der Waals surface area contributed by atoms with Crippen LogP contribution in [0.1, 0.15) is 36.1 Å². The minimum Gasteiger partial charge on any atom is -0.367 e. The van der Waals surface area contributed by atoms with Crippen LogP contribution in [-0.4, -0.2) is 63.4 Å². The standard InChI is InChI=1S/C39H41N3O6S2.Na/c1-5-41(27-29-9-7-11-37(25-29)49(43,44)45)35-21-15-32(16-22-35)39(31-13-19-34(20-14-31)40(3)4)33-17-23-36(24-18-33)42(6-2)28-30-10-8-12-38(26-30)50(46,47)48;/h7-26H,5-6,27-28H2,1-4H3,(H-,43,44,45,46,47,48);/q;+1/p+1. The maximum Gasteiger partial charge on any atom is 1.00 e. The molecule has 0 bridgehead atoms. The van der Waals surface area contributed by atoms with Gasteiger partial charge in [0, 0.05) is 49.7 Å². The number of allylic oxidation sites excluding steroid dienone is 5. The molecule has 9 nitrogen and oxygen atoms in total. The molecule has 0 spiro atoms. The fourth-order valence-corrected chi connectivity index (χ4v) is 7.03. The fourth-order valence-electron chi connectivity index (χ4n) is 5.92. The van der Waals surface area contributed by atoms with Crippen molar-refractivity contribution >= 4 is 42.9 Å². The Morgan fingerprint density at radius 2 is 1.00 bits per heavy atom. The number of benzene rings is 4. The molecule has 12 heteroatoms. The third-order valence-electron chi connectivity index (χ3n) is 8.62. The molecule has 0 amide bonds. The summed E-state index contributed by atoms with van der Waals surface area (Å²) in [6, 6.07) is 29.3. The van der Waals surface area contributed by atoms with E-state index in [1.165, 1.54) is 24.3 Å². The van der Waals surface area contributed by atoms with E-state index < -0.39 is 20.2 Å². The van der Waals surface area contributed by atoms with Crippen molar-refractivity contribution < 1.29 is 60.1 Å². The van der Waals surface area contributed by atoms with E-state index >= 15 is 0 Å². The second-order valence-corrected chi connectivity index (χ2v) is 15.0. The van der Waals surface area contributed by atoms with Crippen molar-refractivity contribution in [1.29, 1.82) is 0 Å². The van der Waals surface area contributed by atoms with Gasteiger partial charge in [-0.15, -0.1) is 0 Å². The van der Waals surface area contributed by atoms with E-state index in [2.05, 4.69) is 87.2 Å². The molecule has 5 rings (SSSR count). The van der Waals surface area contributed by atoms with Gasteiger partial charge in [0.05, 0.1) is 9.79 Å². The molecule has 0 atom stereocenters. The molecule has 1 aliphatic carbocycles. The van der Waals surface area contributed by atoms with Gasteiger partial charge in [-0.25, -0.2) is 4.58 Å². The Labute approximate surface area is 323 Å². The van der Waals surface area contributed by atoms with Crippen LogP contribution >= 0.6 is 0 Å². The van der Waals surface area contributed by atoms with Crippen LogP contribution in [-0.2, 0) is 33.3 Å². The van der Waals surface area contributed by atoms with Crippen molar-refractivity contribution in [2.45, 2.75) is 36.7 Å². The summed E-state index contributed by atoms with van der Waals surface area (Å²) in [4.78, 5) is 4.02. The first-order chi connectivity index (χ1) is 23.8. The molecule has 0 heterocycles. The summed E-state index contributed by atoms with van der Waals surface area (Å²) in [6.07, 6.45) is 8.43. The first-order valence-electron chi connectivity index (χ1n) is 16.2. The van der Waals surface area contributed by atoms with E-state index in [-0.39, 0.29) is 39.3 Å². The third-order valence-corrected chi connectivity index (χ3v) is 10.3. The van der Waals surface area contributed by atoms with Crippen LogP contribution in [0.3, 0.4) is 0 Å². The summed E-state index contributed by atoms with van der Waals surface area (Å²) in [5.41, 5.74) is 8.74. The van der Waals surface area contributed by atoms with Gasteiger partial charge in [-0.3, -0.25) is 9.11 Å². The van der Waals surface area contributed by atoms with Gasteiger partial charge in [0.15, 0.2) is 5.71 Å². The van der Waals surface area contributed by atoms with E-state index in [0.29, 0.717) is 26.2 Å². The summed E-state index contributed by atoms with van der Waals surface area (Å²) >= 11 is 0. The van der Waals surface area contributed by atoms with Gasteiger partial charge in [-0.05, 0) is 108 Å². The average Bonchev–Trinajstić information content (AvgIpc) is 3.10. The zero-order chi connectivity index (χ0) is 36.1. The molecule has 1 aliphatic rings. The molecule has 0 unspecified atom stereocenters. The van der Waals surface area contributed by atoms with Crippen LogP contribution in [0.2, 0.25) is 0 Å². The predicted molar refractivity (Wildman–Crippen MR) is 200 cm³/mol. The minimum atomic E-state index is -4.29. The van der Waals surface area contributed by atoms with E-state index in [9.17, 15) is 25.9 Å². The van der Waals surface area contributed by atoms with Crippen LogP contribution in [0.15, 0.2) is 137 Å². The Bertz CT molecular complexity index is 2060. The molecule has 0 radical (unpaired) electrons. The van der Waals surface area contributed by atoms with Gasteiger partial charge < -0.3 is 9.80 Å². The minimum absolute atomic E-state index is 0. The Hall–Kier alpha value is -3.81.